The summed E-state index contributed by atoms with van der Waals surface area (Å²) in [4.78, 5) is 16.0. The van der Waals surface area contributed by atoms with Gasteiger partial charge in [-0.05, 0) is 60.5 Å². The minimum absolute atomic E-state index is 0.104. The monoisotopic (exact) mass is 411 g/mol. The van der Waals surface area contributed by atoms with Crippen LogP contribution in [-0.4, -0.2) is 25.9 Å². The van der Waals surface area contributed by atoms with Crippen molar-refractivity contribution in [1.29, 1.82) is 0 Å². The van der Waals surface area contributed by atoms with E-state index in [4.69, 9.17) is 4.74 Å². The van der Waals surface area contributed by atoms with E-state index in [1.165, 1.54) is 24.3 Å². The molecule has 0 saturated heterocycles. The molecule has 8 heteroatoms. The van der Waals surface area contributed by atoms with E-state index >= 15 is 0 Å². The smallest absolute Gasteiger partial charge is 0.261 e. The van der Waals surface area contributed by atoms with Gasteiger partial charge in [0.05, 0.1) is 4.90 Å². The van der Waals surface area contributed by atoms with E-state index < -0.39 is 10.0 Å². The zero-order valence-corrected chi connectivity index (χ0v) is 16.6. The molecule has 0 aliphatic carbocycles. The molecule has 0 fully saturated rings. The average Bonchev–Trinajstić information content (AvgIpc) is 2.71. The molecular weight excluding hydrogens is 390 g/mol. The van der Waals surface area contributed by atoms with Crippen molar-refractivity contribution in [2.24, 2.45) is 0 Å². The lowest BCUT2D eigenvalue weighted by Gasteiger charge is -2.10. The fourth-order valence-electron chi connectivity index (χ4n) is 2.54. The normalized spacial score (nSPS) is 10.9. The number of nitrogens with zero attached hydrogens (tertiary/aromatic N) is 1. The second-order valence-corrected chi connectivity index (χ2v) is 8.06. The molecule has 0 atom stereocenters. The number of hydrogen-bond acceptors (Lipinski definition) is 5. The van der Waals surface area contributed by atoms with Gasteiger partial charge in [0, 0.05) is 24.6 Å². The zero-order valence-electron chi connectivity index (χ0n) is 15.8. The van der Waals surface area contributed by atoms with Gasteiger partial charge in [-0.2, -0.15) is 0 Å². The van der Waals surface area contributed by atoms with Gasteiger partial charge in [-0.1, -0.05) is 18.2 Å². The molecule has 0 unspecified atom stereocenters. The van der Waals surface area contributed by atoms with E-state index in [0.717, 1.165) is 11.1 Å². The van der Waals surface area contributed by atoms with E-state index in [0.29, 0.717) is 18.0 Å². The highest BCUT2D eigenvalue weighted by Gasteiger charge is 2.14. The van der Waals surface area contributed by atoms with Crippen LogP contribution in [-0.2, 0) is 21.4 Å². The molecule has 1 aromatic heterocycles. The molecule has 2 aromatic carbocycles. The minimum atomic E-state index is -3.71. The van der Waals surface area contributed by atoms with Crippen LogP contribution in [0.15, 0.2) is 78.0 Å². The Bertz CT molecular complexity index is 1070. The maximum Gasteiger partial charge on any atom is 0.261 e. The van der Waals surface area contributed by atoms with Crippen molar-refractivity contribution in [1.82, 2.24) is 10.3 Å². The predicted octanol–water partition coefficient (Wildman–Crippen LogP) is 2.89. The Morgan fingerprint density at radius 3 is 2.55 bits per heavy atom. The Hall–Kier alpha value is -3.39. The summed E-state index contributed by atoms with van der Waals surface area (Å²) in [5.74, 6) is 0.114. The van der Waals surface area contributed by atoms with Crippen molar-refractivity contribution in [3.63, 3.8) is 0 Å². The van der Waals surface area contributed by atoms with Crippen LogP contribution in [0, 0.1) is 6.92 Å². The molecule has 3 rings (SSSR count). The molecule has 0 spiro atoms. The highest BCUT2D eigenvalue weighted by Crippen LogP contribution is 2.20. The fraction of sp³-hybridized carbons (Fsp3) is 0.143. The van der Waals surface area contributed by atoms with E-state index in [-0.39, 0.29) is 17.4 Å². The van der Waals surface area contributed by atoms with Gasteiger partial charge in [0.15, 0.2) is 6.61 Å². The molecule has 29 heavy (non-hydrogen) atoms. The van der Waals surface area contributed by atoms with E-state index in [1.54, 1.807) is 36.7 Å². The van der Waals surface area contributed by atoms with Crippen LogP contribution in [0.5, 0.6) is 5.75 Å². The van der Waals surface area contributed by atoms with Crippen molar-refractivity contribution in [3.8, 4) is 5.75 Å². The first-order valence-electron chi connectivity index (χ1n) is 8.90. The third-order valence-electron chi connectivity index (χ3n) is 3.99. The van der Waals surface area contributed by atoms with E-state index in [1.807, 2.05) is 19.1 Å². The summed E-state index contributed by atoms with van der Waals surface area (Å²) in [7, 11) is -3.71. The number of nitrogens with one attached hydrogen (secondary N) is 2. The van der Waals surface area contributed by atoms with Gasteiger partial charge in [0.2, 0.25) is 0 Å². The maximum atomic E-state index is 12.5. The van der Waals surface area contributed by atoms with Crippen LogP contribution >= 0.6 is 0 Å². The third kappa shape index (κ3) is 6.05. The average molecular weight is 411 g/mol. The summed E-state index contributed by atoms with van der Waals surface area (Å²) in [5.41, 5.74) is 2.34. The first-order valence-corrected chi connectivity index (χ1v) is 10.4. The Labute approximate surface area is 169 Å². The largest absolute Gasteiger partial charge is 0.484 e. The number of sulfonamides is 1. The van der Waals surface area contributed by atoms with Crippen LogP contribution in [0.3, 0.4) is 0 Å². The summed E-state index contributed by atoms with van der Waals surface area (Å²) < 4.78 is 32.9. The molecule has 0 bridgehead atoms. The van der Waals surface area contributed by atoms with Crippen LogP contribution in [0.2, 0.25) is 0 Å². The van der Waals surface area contributed by atoms with Crippen LogP contribution in [0.4, 0.5) is 5.69 Å². The highest BCUT2D eigenvalue weighted by atomic mass is 32.2. The quantitative estimate of drug-likeness (QED) is 0.594. The predicted molar refractivity (Wildman–Crippen MR) is 110 cm³/mol. The molecule has 3 aromatic rings. The lowest BCUT2D eigenvalue weighted by Crippen LogP contribution is -2.28. The Morgan fingerprint density at radius 2 is 1.86 bits per heavy atom. The standard InChI is InChI=1S/C21H21N3O4S/c1-16-4-2-6-18(12-16)24-29(26,27)20-9-7-19(8-10-20)28-15-21(25)23-14-17-5-3-11-22-13-17/h2-13,24H,14-15H2,1H3,(H,23,25). The third-order valence-corrected chi connectivity index (χ3v) is 5.38. The van der Waals surface area contributed by atoms with E-state index in [2.05, 4.69) is 15.0 Å². The van der Waals surface area contributed by atoms with Crippen LogP contribution < -0.4 is 14.8 Å². The zero-order chi connectivity index (χ0) is 20.7. The second kappa shape index (κ2) is 9.20. The lowest BCUT2D eigenvalue weighted by atomic mass is 10.2. The fourth-order valence-corrected chi connectivity index (χ4v) is 3.59. The molecule has 2 N–H and O–H groups in total. The van der Waals surface area contributed by atoms with Crippen molar-refractivity contribution >= 4 is 21.6 Å². The number of rotatable bonds is 8. The first kappa shape index (κ1) is 20.3. The summed E-state index contributed by atoms with van der Waals surface area (Å²) in [6, 6.07) is 16.6. The van der Waals surface area contributed by atoms with Crippen LogP contribution in [0.25, 0.3) is 0 Å². The molecule has 0 radical (unpaired) electrons. The van der Waals surface area contributed by atoms with Crippen molar-refractivity contribution in [2.45, 2.75) is 18.4 Å². The molecule has 1 heterocycles. The molecule has 0 saturated carbocycles. The number of amides is 1. The van der Waals surface area contributed by atoms with Gasteiger partial charge < -0.3 is 10.1 Å². The Kier molecular flexibility index (Phi) is 6.46. The molecule has 1 amide bonds. The van der Waals surface area contributed by atoms with E-state index in [9.17, 15) is 13.2 Å². The van der Waals surface area contributed by atoms with Gasteiger partial charge in [-0.15, -0.1) is 0 Å². The highest BCUT2D eigenvalue weighted by molar-refractivity contribution is 7.92. The van der Waals surface area contributed by atoms with Gasteiger partial charge in [0.1, 0.15) is 5.75 Å². The number of hydrogen-bond donors (Lipinski definition) is 2. The number of carbonyl (C=O) groups is 1. The first-order chi connectivity index (χ1) is 13.9. The number of ether oxygens (including phenoxy) is 1. The lowest BCUT2D eigenvalue weighted by molar-refractivity contribution is -0.123. The molecule has 0 aliphatic rings. The molecule has 7 nitrogen and oxygen atoms in total. The minimum Gasteiger partial charge on any atom is -0.484 e. The van der Waals surface area contributed by atoms with Crippen molar-refractivity contribution < 1.29 is 17.9 Å². The number of pyridine rings is 1. The molecular formula is C21H21N3O4S. The van der Waals surface area contributed by atoms with Crippen LogP contribution in [0.1, 0.15) is 11.1 Å². The number of benzene rings is 2. The van der Waals surface area contributed by atoms with Gasteiger partial charge in [-0.25, -0.2) is 8.42 Å². The number of carbonyl (C=O) groups excluding carboxylic acids is 1. The summed E-state index contributed by atoms with van der Waals surface area (Å²) in [5, 5.41) is 2.73. The number of aryl methyl sites for hydroxylation is 1. The second-order valence-electron chi connectivity index (χ2n) is 6.37. The maximum absolute atomic E-state index is 12.5. The number of anilines is 1. The topological polar surface area (TPSA) is 97.4 Å². The molecule has 0 aliphatic heterocycles. The SMILES string of the molecule is Cc1cccc(NS(=O)(=O)c2ccc(OCC(=O)NCc3cccnc3)cc2)c1. The number of aromatic nitrogens is 1. The summed E-state index contributed by atoms with van der Waals surface area (Å²) >= 11 is 0. The van der Waals surface area contributed by atoms with Gasteiger partial charge >= 0.3 is 0 Å². The molecule has 150 valence electrons. The Balaban J connectivity index is 1.53. The Morgan fingerprint density at radius 1 is 1.07 bits per heavy atom. The summed E-state index contributed by atoms with van der Waals surface area (Å²) in [6.45, 7) is 2.07. The van der Waals surface area contributed by atoms with Gasteiger partial charge in [-0.3, -0.25) is 14.5 Å². The van der Waals surface area contributed by atoms with Crippen molar-refractivity contribution in [2.75, 3.05) is 11.3 Å². The van der Waals surface area contributed by atoms with Gasteiger partial charge in [0.25, 0.3) is 15.9 Å². The summed E-state index contributed by atoms with van der Waals surface area (Å²) in [6.07, 6.45) is 3.33. The van der Waals surface area contributed by atoms with Crippen molar-refractivity contribution in [3.05, 3.63) is 84.2 Å².